The minimum Gasteiger partial charge on any atom is -0.119 e. The minimum absolute atomic E-state index is 0.155. The standard InChI is InChI=1S/C19H20/c1-5-18(19-8-6-7-14(2)11-19)13-17-10-9-15(3)16(4)12-17/h1,6-12,18H,13H2,2-4H3. The smallest absolute Gasteiger partial charge is 0.0490 e. The lowest BCUT2D eigenvalue weighted by Gasteiger charge is -2.13. The Morgan fingerprint density at radius 1 is 1.00 bits per heavy atom. The molecule has 0 aliphatic heterocycles. The molecule has 0 saturated carbocycles. The number of terminal acetylenes is 1. The fourth-order valence-corrected chi connectivity index (χ4v) is 2.33. The van der Waals surface area contributed by atoms with Crippen molar-refractivity contribution in [3.63, 3.8) is 0 Å². The Morgan fingerprint density at radius 2 is 1.79 bits per heavy atom. The van der Waals surface area contributed by atoms with Crippen molar-refractivity contribution in [3.05, 3.63) is 70.3 Å². The summed E-state index contributed by atoms with van der Waals surface area (Å²) in [5.74, 6) is 3.08. The molecule has 0 aromatic heterocycles. The van der Waals surface area contributed by atoms with E-state index in [1.54, 1.807) is 0 Å². The van der Waals surface area contributed by atoms with E-state index in [0.29, 0.717) is 0 Å². The lowest BCUT2D eigenvalue weighted by atomic mass is 9.91. The Labute approximate surface area is 116 Å². The molecule has 2 rings (SSSR count). The summed E-state index contributed by atoms with van der Waals surface area (Å²) < 4.78 is 0. The van der Waals surface area contributed by atoms with E-state index in [9.17, 15) is 0 Å². The number of hydrogen-bond donors (Lipinski definition) is 0. The second-order valence-corrected chi connectivity index (χ2v) is 5.26. The van der Waals surface area contributed by atoms with Crippen molar-refractivity contribution in [1.29, 1.82) is 0 Å². The van der Waals surface area contributed by atoms with E-state index in [2.05, 4.69) is 69.2 Å². The van der Waals surface area contributed by atoms with Crippen LogP contribution in [0.2, 0.25) is 0 Å². The summed E-state index contributed by atoms with van der Waals surface area (Å²) in [5, 5.41) is 0. The summed E-state index contributed by atoms with van der Waals surface area (Å²) in [6.07, 6.45) is 6.62. The van der Waals surface area contributed by atoms with Crippen molar-refractivity contribution in [1.82, 2.24) is 0 Å². The van der Waals surface area contributed by atoms with E-state index < -0.39 is 0 Å². The van der Waals surface area contributed by atoms with Crippen molar-refractivity contribution < 1.29 is 0 Å². The molecule has 0 nitrogen and oxygen atoms in total. The molecule has 1 unspecified atom stereocenters. The van der Waals surface area contributed by atoms with Gasteiger partial charge in [-0.3, -0.25) is 0 Å². The highest BCUT2D eigenvalue weighted by molar-refractivity contribution is 5.35. The van der Waals surface area contributed by atoms with Gasteiger partial charge in [0.05, 0.1) is 0 Å². The van der Waals surface area contributed by atoms with Gasteiger partial charge >= 0.3 is 0 Å². The zero-order valence-corrected chi connectivity index (χ0v) is 11.9. The molecular formula is C19H20. The summed E-state index contributed by atoms with van der Waals surface area (Å²) in [4.78, 5) is 0. The lowest BCUT2D eigenvalue weighted by Crippen LogP contribution is -2.01. The molecule has 0 fully saturated rings. The number of rotatable bonds is 3. The molecule has 0 heteroatoms. The van der Waals surface area contributed by atoms with Crippen LogP contribution in [0.15, 0.2) is 42.5 Å². The van der Waals surface area contributed by atoms with Crippen LogP contribution in [0, 0.1) is 33.1 Å². The van der Waals surface area contributed by atoms with Crippen molar-refractivity contribution in [2.45, 2.75) is 33.1 Å². The highest BCUT2D eigenvalue weighted by Crippen LogP contribution is 2.22. The van der Waals surface area contributed by atoms with E-state index in [-0.39, 0.29) is 5.92 Å². The van der Waals surface area contributed by atoms with Gasteiger partial charge in [-0.15, -0.1) is 6.42 Å². The lowest BCUT2D eigenvalue weighted by molar-refractivity contribution is 0.860. The maximum Gasteiger partial charge on any atom is 0.0490 e. The molecule has 1 atom stereocenters. The van der Waals surface area contributed by atoms with Crippen molar-refractivity contribution >= 4 is 0 Å². The van der Waals surface area contributed by atoms with Crippen molar-refractivity contribution in [2.75, 3.05) is 0 Å². The Bertz CT molecular complexity index is 614. The van der Waals surface area contributed by atoms with Gasteiger partial charge in [0.1, 0.15) is 0 Å². The molecule has 0 amide bonds. The Kier molecular flexibility index (Phi) is 4.07. The second-order valence-electron chi connectivity index (χ2n) is 5.26. The molecule has 2 aromatic carbocycles. The van der Waals surface area contributed by atoms with Gasteiger partial charge in [-0.1, -0.05) is 53.9 Å². The quantitative estimate of drug-likeness (QED) is 0.698. The van der Waals surface area contributed by atoms with Crippen molar-refractivity contribution in [3.8, 4) is 12.3 Å². The van der Waals surface area contributed by atoms with E-state index in [4.69, 9.17) is 6.42 Å². The molecule has 0 bridgehead atoms. The van der Waals surface area contributed by atoms with Crippen molar-refractivity contribution in [2.24, 2.45) is 0 Å². The third kappa shape index (κ3) is 3.26. The van der Waals surface area contributed by atoms with Crippen LogP contribution >= 0.6 is 0 Å². The van der Waals surface area contributed by atoms with Gasteiger partial charge in [-0.25, -0.2) is 0 Å². The van der Waals surface area contributed by atoms with Gasteiger partial charge < -0.3 is 0 Å². The Hall–Kier alpha value is -2.00. The first kappa shape index (κ1) is 13.4. The van der Waals surface area contributed by atoms with Crippen LogP contribution in [0.4, 0.5) is 0 Å². The fraction of sp³-hybridized carbons (Fsp3) is 0.263. The molecule has 96 valence electrons. The molecule has 2 aromatic rings. The topological polar surface area (TPSA) is 0 Å². The summed E-state index contributed by atoms with van der Waals surface area (Å²) in [6, 6.07) is 15.1. The van der Waals surface area contributed by atoms with Crippen LogP contribution in [0.1, 0.15) is 33.7 Å². The van der Waals surface area contributed by atoms with Gasteiger partial charge in [-0.05, 0) is 49.4 Å². The number of aryl methyl sites for hydroxylation is 3. The average Bonchev–Trinajstić information content (AvgIpc) is 2.40. The molecule has 0 aliphatic rings. The van der Waals surface area contributed by atoms with Crippen LogP contribution in [-0.2, 0) is 6.42 Å². The van der Waals surface area contributed by atoms with Crippen LogP contribution in [-0.4, -0.2) is 0 Å². The van der Waals surface area contributed by atoms with Crippen LogP contribution in [0.5, 0.6) is 0 Å². The molecule has 0 aliphatic carbocycles. The van der Waals surface area contributed by atoms with E-state index in [1.165, 1.54) is 27.8 Å². The van der Waals surface area contributed by atoms with Gasteiger partial charge in [0.25, 0.3) is 0 Å². The second kappa shape index (κ2) is 5.76. The first-order valence-electron chi connectivity index (χ1n) is 6.69. The fourth-order valence-electron chi connectivity index (χ4n) is 2.33. The Morgan fingerprint density at radius 3 is 2.42 bits per heavy atom. The monoisotopic (exact) mass is 248 g/mol. The zero-order valence-electron chi connectivity index (χ0n) is 11.9. The highest BCUT2D eigenvalue weighted by Gasteiger charge is 2.10. The predicted octanol–water partition coefficient (Wildman–Crippen LogP) is 4.57. The number of benzene rings is 2. The van der Waals surface area contributed by atoms with Gasteiger partial charge in [0, 0.05) is 5.92 Å². The minimum atomic E-state index is 0.155. The van der Waals surface area contributed by atoms with Gasteiger partial charge in [0.15, 0.2) is 0 Å². The summed E-state index contributed by atoms with van der Waals surface area (Å²) in [7, 11) is 0. The average molecular weight is 248 g/mol. The summed E-state index contributed by atoms with van der Waals surface area (Å²) in [5.41, 5.74) is 6.47. The molecule has 19 heavy (non-hydrogen) atoms. The first-order chi connectivity index (χ1) is 9.10. The van der Waals surface area contributed by atoms with Gasteiger partial charge in [-0.2, -0.15) is 0 Å². The predicted molar refractivity (Wildman–Crippen MR) is 82.4 cm³/mol. The third-order valence-electron chi connectivity index (χ3n) is 3.66. The summed E-state index contributed by atoms with van der Waals surface area (Å²) >= 11 is 0. The summed E-state index contributed by atoms with van der Waals surface area (Å²) in [6.45, 7) is 6.39. The Balaban J connectivity index is 2.24. The van der Waals surface area contributed by atoms with E-state index in [0.717, 1.165) is 6.42 Å². The number of hydrogen-bond acceptors (Lipinski definition) is 0. The maximum absolute atomic E-state index is 5.72. The molecule has 0 radical (unpaired) electrons. The molecular weight excluding hydrogens is 228 g/mol. The molecule has 0 N–H and O–H groups in total. The molecule has 0 saturated heterocycles. The maximum atomic E-state index is 5.72. The first-order valence-corrected chi connectivity index (χ1v) is 6.69. The normalized spacial score (nSPS) is 11.9. The molecule has 0 heterocycles. The van der Waals surface area contributed by atoms with Crippen LogP contribution in [0.25, 0.3) is 0 Å². The SMILES string of the molecule is C#CC(Cc1ccc(C)c(C)c1)c1cccc(C)c1. The van der Waals surface area contributed by atoms with E-state index >= 15 is 0 Å². The van der Waals surface area contributed by atoms with Crippen LogP contribution in [0.3, 0.4) is 0 Å². The van der Waals surface area contributed by atoms with Crippen LogP contribution < -0.4 is 0 Å². The molecule has 0 spiro atoms. The van der Waals surface area contributed by atoms with Gasteiger partial charge in [0.2, 0.25) is 0 Å². The zero-order chi connectivity index (χ0) is 13.8. The largest absolute Gasteiger partial charge is 0.119 e. The third-order valence-corrected chi connectivity index (χ3v) is 3.66. The highest BCUT2D eigenvalue weighted by atomic mass is 14.1. The van der Waals surface area contributed by atoms with E-state index in [1.807, 2.05) is 0 Å².